The lowest BCUT2D eigenvalue weighted by Gasteiger charge is -2.34. The number of halogens is 5. The number of benzene rings is 2. The number of rotatable bonds is 4. The first kappa shape index (κ1) is 19.2. The molecule has 1 aliphatic rings. The minimum absolute atomic E-state index is 0.0514. The van der Waals surface area contributed by atoms with Gasteiger partial charge in [0.15, 0.2) is 0 Å². The number of fused-ring (bicyclic) bond motifs is 3. The van der Waals surface area contributed by atoms with Crippen LogP contribution in [0.3, 0.4) is 0 Å². The molecule has 2 aromatic carbocycles. The number of hydrogen-bond donors (Lipinski definition) is 0. The highest BCUT2D eigenvalue weighted by molar-refractivity contribution is 6.08. The molecule has 2 heterocycles. The number of aromatic nitrogens is 1. The van der Waals surface area contributed by atoms with E-state index in [0.29, 0.717) is 23.9 Å². The van der Waals surface area contributed by atoms with E-state index in [1.165, 1.54) is 24.3 Å². The molecule has 7 heteroatoms. The molecule has 1 unspecified atom stereocenters. The topological polar surface area (TPSA) is 8.17 Å². The van der Waals surface area contributed by atoms with Crippen LogP contribution in [0.15, 0.2) is 36.4 Å². The minimum Gasteiger partial charge on any atom is -0.336 e. The summed E-state index contributed by atoms with van der Waals surface area (Å²) in [6.45, 7) is 1.80. The third-order valence-corrected chi connectivity index (χ3v) is 5.51. The van der Waals surface area contributed by atoms with Gasteiger partial charge in [-0.3, -0.25) is 0 Å². The van der Waals surface area contributed by atoms with Crippen LogP contribution in [0.4, 0.5) is 22.0 Å². The molecule has 3 aromatic rings. The van der Waals surface area contributed by atoms with Gasteiger partial charge in [-0.25, -0.2) is 8.78 Å². The second-order valence-electron chi connectivity index (χ2n) is 7.51. The van der Waals surface area contributed by atoms with Crippen molar-refractivity contribution in [3.05, 3.63) is 48.0 Å². The first-order chi connectivity index (χ1) is 13.3. The number of alkyl halides is 3. The van der Waals surface area contributed by atoms with Crippen molar-refractivity contribution in [3.63, 3.8) is 0 Å². The van der Waals surface area contributed by atoms with Crippen molar-refractivity contribution in [1.82, 2.24) is 9.47 Å². The van der Waals surface area contributed by atoms with E-state index in [-0.39, 0.29) is 24.1 Å². The highest BCUT2D eigenvalue weighted by atomic mass is 19.4. The third kappa shape index (κ3) is 3.85. The molecule has 1 aromatic heterocycles. The highest BCUT2D eigenvalue weighted by Gasteiger charge is 2.28. The summed E-state index contributed by atoms with van der Waals surface area (Å²) in [7, 11) is 0. The molecule has 4 rings (SSSR count). The Morgan fingerprint density at radius 1 is 0.929 bits per heavy atom. The quantitative estimate of drug-likeness (QED) is 0.487. The van der Waals surface area contributed by atoms with E-state index in [0.717, 1.165) is 30.4 Å². The number of hydrogen-bond acceptors (Lipinski definition) is 1. The fourth-order valence-electron chi connectivity index (χ4n) is 4.34. The molecule has 1 fully saturated rings. The maximum absolute atomic E-state index is 13.8. The second kappa shape index (κ2) is 7.35. The van der Waals surface area contributed by atoms with Gasteiger partial charge in [-0.15, -0.1) is 0 Å². The van der Waals surface area contributed by atoms with Crippen LogP contribution in [0.5, 0.6) is 0 Å². The van der Waals surface area contributed by atoms with Crippen LogP contribution in [0.25, 0.3) is 21.8 Å². The van der Waals surface area contributed by atoms with Crippen LogP contribution in [-0.4, -0.2) is 35.3 Å². The molecule has 0 amide bonds. The van der Waals surface area contributed by atoms with Crippen LogP contribution >= 0.6 is 0 Å². The Hall–Kier alpha value is -2.15. The average molecular weight is 396 g/mol. The smallest absolute Gasteiger partial charge is 0.336 e. The van der Waals surface area contributed by atoms with Gasteiger partial charge < -0.3 is 9.47 Å². The van der Waals surface area contributed by atoms with Gasteiger partial charge in [0.2, 0.25) is 0 Å². The van der Waals surface area contributed by atoms with Crippen LogP contribution < -0.4 is 0 Å². The van der Waals surface area contributed by atoms with Gasteiger partial charge in [0.05, 0.1) is 0 Å². The molecule has 0 saturated carbocycles. The van der Waals surface area contributed by atoms with Crippen molar-refractivity contribution in [1.29, 1.82) is 0 Å². The number of nitrogens with zero attached hydrogens (tertiary/aromatic N) is 2. The Morgan fingerprint density at radius 3 is 2.11 bits per heavy atom. The SMILES string of the molecule is Fc1ccc2c(c1)c1cc(F)ccc1n2C1CCCN(CCCC(F)(F)F)C1. The molecule has 28 heavy (non-hydrogen) atoms. The Kier molecular flexibility index (Phi) is 5.04. The van der Waals surface area contributed by atoms with E-state index >= 15 is 0 Å². The van der Waals surface area contributed by atoms with E-state index in [2.05, 4.69) is 9.47 Å². The molecule has 0 spiro atoms. The van der Waals surface area contributed by atoms with E-state index in [1.54, 1.807) is 12.1 Å². The average Bonchev–Trinajstić information content (AvgIpc) is 2.94. The fourth-order valence-corrected chi connectivity index (χ4v) is 4.34. The van der Waals surface area contributed by atoms with E-state index in [1.807, 2.05) is 0 Å². The maximum atomic E-state index is 13.8. The highest BCUT2D eigenvalue weighted by Crippen LogP contribution is 2.36. The number of piperidine rings is 1. The Bertz CT molecular complexity index is 933. The van der Waals surface area contributed by atoms with Crippen LogP contribution in [0.2, 0.25) is 0 Å². The standard InChI is InChI=1S/C21H21F5N2/c22-14-4-6-19-17(11-14)18-12-15(23)5-7-20(18)28(19)16-3-1-9-27(13-16)10-2-8-21(24,25)26/h4-7,11-12,16H,1-3,8-10,13H2. The molecule has 0 radical (unpaired) electrons. The minimum atomic E-state index is -4.13. The Balaban J connectivity index is 1.66. The summed E-state index contributed by atoms with van der Waals surface area (Å²) in [5.74, 6) is -0.763. The van der Waals surface area contributed by atoms with Crippen LogP contribution in [0, 0.1) is 11.6 Å². The zero-order valence-corrected chi connectivity index (χ0v) is 15.3. The van der Waals surface area contributed by atoms with Gasteiger partial charge in [0.25, 0.3) is 0 Å². The predicted octanol–water partition coefficient (Wildman–Crippen LogP) is 6.05. The normalized spacial score (nSPS) is 19.0. The van der Waals surface area contributed by atoms with Gasteiger partial charge in [0.1, 0.15) is 11.6 Å². The summed E-state index contributed by atoms with van der Waals surface area (Å²) < 4.78 is 67.0. The second-order valence-corrected chi connectivity index (χ2v) is 7.51. The Labute approximate surface area is 159 Å². The van der Waals surface area contributed by atoms with Gasteiger partial charge in [-0.2, -0.15) is 13.2 Å². The largest absolute Gasteiger partial charge is 0.389 e. The first-order valence-corrected chi connectivity index (χ1v) is 9.50. The lowest BCUT2D eigenvalue weighted by molar-refractivity contribution is -0.136. The monoisotopic (exact) mass is 396 g/mol. The van der Waals surface area contributed by atoms with Crippen molar-refractivity contribution < 1.29 is 22.0 Å². The predicted molar refractivity (Wildman–Crippen MR) is 99.4 cm³/mol. The molecular weight excluding hydrogens is 375 g/mol. The molecule has 1 saturated heterocycles. The van der Waals surface area contributed by atoms with Gasteiger partial charge in [-0.05, 0) is 68.8 Å². The van der Waals surface area contributed by atoms with Crippen LogP contribution in [-0.2, 0) is 0 Å². The van der Waals surface area contributed by atoms with Gasteiger partial charge in [-0.1, -0.05) is 0 Å². The molecule has 0 bridgehead atoms. The van der Waals surface area contributed by atoms with E-state index in [4.69, 9.17) is 0 Å². The van der Waals surface area contributed by atoms with Crippen molar-refractivity contribution in [2.75, 3.05) is 19.6 Å². The summed E-state index contributed by atoms with van der Waals surface area (Å²) in [5, 5.41) is 1.31. The third-order valence-electron chi connectivity index (χ3n) is 5.51. The molecule has 2 nitrogen and oxygen atoms in total. The zero-order valence-electron chi connectivity index (χ0n) is 15.3. The van der Waals surface area contributed by atoms with E-state index < -0.39 is 12.6 Å². The van der Waals surface area contributed by atoms with Crippen LogP contribution in [0.1, 0.15) is 31.7 Å². The van der Waals surface area contributed by atoms with Crippen molar-refractivity contribution in [2.45, 2.75) is 37.9 Å². The molecule has 0 aliphatic carbocycles. The molecule has 1 aliphatic heterocycles. The zero-order chi connectivity index (χ0) is 19.9. The van der Waals surface area contributed by atoms with Gasteiger partial charge in [0, 0.05) is 40.8 Å². The fraction of sp³-hybridized carbons (Fsp3) is 0.429. The molecule has 1 atom stereocenters. The summed E-state index contributed by atoms with van der Waals surface area (Å²) >= 11 is 0. The summed E-state index contributed by atoms with van der Waals surface area (Å²) in [5.41, 5.74) is 1.65. The van der Waals surface area contributed by atoms with Crippen molar-refractivity contribution in [3.8, 4) is 0 Å². The van der Waals surface area contributed by atoms with Crippen molar-refractivity contribution >= 4 is 21.8 Å². The molecule has 0 N–H and O–H groups in total. The molecular formula is C21H21F5N2. The lowest BCUT2D eigenvalue weighted by atomic mass is 10.0. The lowest BCUT2D eigenvalue weighted by Crippen LogP contribution is -2.37. The van der Waals surface area contributed by atoms with Gasteiger partial charge >= 0.3 is 6.18 Å². The molecule has 150 valence electrons. The number of likely N-dealkylation sites (tertiary alicyclic amines) is 1. The summed E-state index contributed by atoms with van der Waals surface area (Å²) in [4.78, 5) is 2.06. The summed E-state index contributed by atoms with van der Waals surface area (Å²) in [6, 6.07) is 9.05. The van der Waals surface area contributed by atoms with E-state index in [9.17, 15) is 22.0 Å². The maximum Gasteiger partial charge on any atom is 0.389 e. The first-order valence-electron chi connectivity index (χ1n) is 9.50. The van der Waals surface area contributed by atoms with Crippen molar-refractivity contribution in [2.24, 2.45) is 0 Å². The Morgan fingerprint density at radius 2 is 1.54 bits per heavy atom. The summed E-state index contributed by atoms with van der Waals surface area (Å²) in [6.07, 6.45) is -3.07.